The van der Waals surface area contributed by atoms with E-state index in [1.165, 1.54) is 5.69 Å². The van der Waals surface area contributed by atoms with Crippen molar-refractivity contribution in [2.75, 3.05) is 29.4 Å². The summed E-state index contributed by atoms with van der Waals surface area (Å²) in [6.07, 6.45) is 1.44. The van der Waals surface area contributed by atoms with E-state index in [2.05, 4.69) is 28.0 Å². The maximum Gasteiger partial charge on any atom is 0.149 e. The molecule has 0 aromatic heterocycles. The van der Waals surface area contributed by atoms with Crippen molar-refractivity contribution in [3.63, 3.8) is 0 Å². The van der Waals surface area contributed by atoms with Crippen molar-refractivity contribution in [2.24, 2.45) is 10.8 Å². The van der Waals surface area contributed by atoms with E-state index in [0.717, 1.165) is 24.3 Å². The van der Waals surface area contributed by atoms with Gasteiger partial charge in [0.25, 0.3) is 0 Å². The number of nitrogens with zero attached hydrogens (tertiary/aromatic N) is 2. The highest BCUT2D eigenvalue weighted by atomic mass is 35.5. The number of para-hydroxylation sites is 1. The molecule has 2 aromatic rings. The minimum atomic E-state index is -0.957. The maximum absolute atomic E-state index is 13.7. The first kappa shape index (κ1) is 19.6. The van der Waals surface area contributed by atoms with Crippen LogP contribution in [0.2, 0.25) is 5.02 Å². The molecule has 5 heteroatoms. The lowest BCUT2D eigenvalue weighted by Crippen LogP contribution is -2.69. The smallest absolute Gasteiger partial charge is 0.149 e. The summed E-state index contributed by atoms with van der Waals surface area (Å²) in [5.74, 6) is 0.224. The normalized spacial score (nSPS) is 24.6. The van der Waals surface area contributed by atoms with Crippen molar-refractivity contribution in [1.29, 1.82) is 0 Å². The van der Waals surface area contributed by atoms with Gasteiger partial charge in [0.1, 0.15) is 17.0 Å². The van der Waals surface area contributed by atoms with E-state index in [4.69, 9.17) is 11.6 Å². The molecule has 2 aliphatic heterocycles. The standard InChI is InChI=1S/C25H27ClN2O2/c1-24(2)14-22(29)25(23(30)15-24)13-17-6-3-4-9-20(17)28-11-10-27(16-21(25)28)19-8-5-7-18(26)12-19/h3-9,12,21H,10-11,13-16H2,1-2H3/t21-/m0/s1. The average molecular weight is 423 g/mol. The van der Waals surface area contributed by atoms with Crippen LogP contribution in [0.4, 0.5) is 11.4 Å². The third kappa shape index (κ3) is 2.96. The third-order valence-electron chi connectivity index (χ3n) is 7.17. The van der Waals surface area contributed by atoms with Crippen LogP contribution >= 0.6 is 11.6 Å². The summed E-state index contributed by atoms with van der Waals surface area (Å²) in [5.41, 5.74) is 2.12. The number of carbonyl (C=O) groups excluding carboxylic acids is 2. The van der Waals surface area contributed by atoms with E-state index in [0.29, 0.717) is 30.8 Å². The van der Waals surface area contributed by atoms with Crippen LogP contribution in [0, 0.1) is 10.8 Å². The van der Waals surface area contributed by atoms with Gasteiger partial charge in [-0.05, 0) is 41.7 Å². The van der Waals surface area contributed by atoms with Crippen LogP contribution in [0.3, 0.4) is 0 Å². The summed E-state index contributed by atoms with van der Waals surface area (Å²) < 4.78 is 0. The first-order chi connectivity index (χ1) is 14.3. The molecule has 156 valence electrons. The van der Waals surface area contributed by atoms with Gasteiger partial charge in [-0.15, -0.1) is 0 Å². The average Bonchev–Trinajstić information content (AvgIpc) is 2.71. The van der Waals surface area contributed by atoms with E-state index >= 15 is 0 Å². The number of piperazine rings is 1. The fourth-order valence-electron chi connectivity index (χ4n) is 5.73. The summed E-state index contributed by atoms with van der Waals surface area (Å²) in [6, 6.07) is 16.0. The highest BCUT2D eigenvalue weighted by molar-refractivity contribution is 6.30. The molecule has 1 saturated carbocycles. The number of Topliss-reactive ketones (excluding diaryl/α,β-unsaturated/α-hetero) is 2. The van der Waals surface area contributed by atoms with E-state index < -0.39 is 5.41 Å². The highest BCUT2D eigenvalue weighted by Crippen LogP contribution is 2.50. The minimum absolute atomic E-state index is 0.112. The van der Waals surface area contributed by atoms with Gasteiger partial charge in [-0.25, -0.2) is 0 Å². The van der Waals surface area contributed by atoms with Crippen LogP contribution in [0.25, 0.3) is 0 Å². The number of halogens is 1. The van der Waals surface area contributed by atoms with Crippen LogP contribution in [0.1, 0.15) is 32.3 Å². The van der Waals surface area contributed by atoms with Gasteiger partial charge >= 0.3 is 0 Å². The van der Waals surface area contributed by atoms with Gasteiger partial charge in [0.05, 0.1) is 6.04 Å². The largest absolute Gasteiger partial charge is 0.368 e. The van der Waals surface area contributed by atoms with Crippen LogP contribution in [-0.2, 0) is 16.0 Å². The first-order valence-corrected chi connectivity index (χ1v) is 11.1. The second-order valence-electron chi connectivity index (χ2n) is 9.78. The topological polar surface area (TPSA) is 40.6 Å². The molecule has 3 aliphatic rings. The molecule has 5 rings (SSSR count). The van der Waals surface area contributed by atoms with Crippen molar-refractivity contribution >= 4 is 34.5 Å². The Morgan fingerprint density at radius 1 is 0.933 bits per heavy atom. The Morgan fingerprint density at radius 2 is 1.67 bits per heavy atom. The molecule has 0 bridgehead atoms. The lowest BCUT2D eigenvalue weighted by atomic mass is 9.56. The Bertz CT molecular complexity index is 1010. The molecule has 0 unspecified atom stereocenters. The summed E-state index contributed by atoms with van der Waals surface area (Å²) in [6.45, 7) is 6.31. The van der Waals surface area contributed by atoms with Crippen LogP contribution < -0.4 is 9.80 Å². The molecule has 1 spiro atoms. The van der Waals surface area contributed by atoms with Crippen molar-refractivity contribution in [1.82, 2.24) is 0 Å². The van der Waals surface area contributed by atoms with Gasteiger partial charge in [-0.1, -0.05) is 49.7 Å². The third-order valence-corrected chi connectivity index (χ3v) is 7.40. The van der Waals surface area contributed by atoms with Crippen LogP contribution in [0.5, 0.6) is 0 Å². The van der Waals surface area contributed by atoms with Crippen molar-refractivity contribution < 1.29 is 9.59 Å². The molecule has 2 fully saturated rings. The van der Waals surface area contributed by atoms with Crippen molar-refractivity contribution in [3.8, 4) is 0 Å². The van der Waals surface area contributed by atoms with Gasteiger partial charge in [0.2, 0.25) is 0 Å². The quantitative estimate of drug-likeness (QED) is 0.633. The number of hydrogen-bond acceptors (Lipinski definition) is 4. The molecule has 0 N–H and O–H groups in total. The van der Waals surface area contributed by atoms with Crippen molar-refractivity contribution in [3.05, 3.63) is 59.1 Å². The molecule has 0 amide bonds. The SMILES string of the molecule is CC1(C)CC(=O)C2(Cc3ccccc3N3CCN(c4cccc(Cl)c4)C[C@H]32)C(=O)C1. The number of rotatable bonds is 1. The highest BCUT2D eigenvalue weighted by Gasteiger charge is 2.60. The molecule has 1 aliphatic carbocycles. The fourth-order valence-corrected chi connectivity index (χ4v) is 5.92. The molecular formula is C25H27ClN2O2. The van der Waals surface area contributed by atoms with E-state index in [1.807, 2.05) is 44.2 Å². The first-order valence-electron chi connectivity index (χ1n) is 10.7. The number of benzene rings is 2. The number of ketones is 2. The minimum Gasteiger partial charge on any atom is -0.368 e. The molecule has 2 aromatic carbocycles. The van der Waals surface area contributed by atoms with E-state index in [9.17, 15) is 9.59 Å². The monoisotopic (exact) mass is 422 g/mol. The molecule has 0 radical (unpaired) electrons. The van der Waals surface area contributed by atoms with Gasteiger partial charge < -0.3 is 9.80 Å². The molecule has 30 heavy (non-hydrogen) atoms. The van der Waals surface area contributed by atoms with Gasteiger partial charge in [-0.3, -0.25) is 9.59 Å². The van der Waals surface area contributed by atoms with E-state index in [-0.39, 0.29) is 23.0 Å². The lowest BCUT2D eigenvalue weighted by molar-refractivity contribution is -0.150. The predicted molar refractivity (Wildman–Crippen MR) is 120 cm³/mol. The molecule has 2 heterocycles. The summed E-state index contributed by atoms with van der Waals surface area (Å²) in [7, 11) is 0. The zero-order valence-electron chi connectivity index (χ0n) is 17.5. The summed E-state index contributed by atoms with van der Waals surface area (Å²) >= 11 is 6.24. The van der Waals surface area contributed by atoms with Crippen molar-refractivity contribution in [2.45, 2.75) is 39.2 Å². The molecule has 4 nitrogen and oxygen atoms in total. The summed E-state index contributed by atoms with van der Waals surface area (Å²) in [4.78, 5) is 32.0. The predicted octanol–water partition coefficient (Wildman–Crippen LogP) is 4.54. The second kappa shape index (κ2) is 6.84. The Morgan fingerprint density at radius 3 is 2.40 bits per heavy atom. The van der Waals surface area contributed by atoms with Gasteiger partial charge in [0.15, 0.2) is 0 Å². The Labute approximate surface area is 182 Å². The van der Waals surface area contributed by atoms with Crippen LogP contribution in [0.15, 0.2) is 48.5 Å². The Kier molecular flexibility index (Phi) is 4.48. The number of anilines is 2. The second-order valence-corrected chi connectivity index (χ2v) is 10.2. The lowest BCUT2D eigenvalue weighted by Gasteiger charge is -2.56. The van der Waals surface area contributed by atoms with Gasteiger partial charge in [-0.2, -0.15) is 0 Å². The fraction of sp³-hybridized carbons (Fsp3) is 0.440. The number of carbonyl (C=O) groups is 2. The summed E-state index contributed by atoms with van der Waals surface area (Å²) in [5, 5.41) is 0.699. The zero-order chi connectivity index (χ0) is 21.1. The van der Waals surface area contributed by atoms with E-state index in [1.54, 1.807) is 0 Å². The maximum atomic E-state index is 13.7. The van der Waals surface area contributed by atoms with Crippen LogP contribution in [-0.4, -0.2) is 37.2 Å². The number of fused-ring (bicyclic) bond motifs is 4. The Balaban J connectivity index is 1.60. The Hall–Kier alpha value is -2.33. The molecular weight excluding hydrogens is 396 g/mol. The zero-order valence-corrected chi connectivity index (χ0v) is 18.3. The molecule has 1 saturated heterocycles. The molecule has 1 atom stereocenters. The number of hydrogen-bond donors (Lipinski definition) is 0. The van der Waals surface area contributed by atoms with Gasteiger partial charge in [0, 0.05) is 48.9 Å².